The molecule has 0 bridgehead atoms. The van der Waals surface area contributed by atoms with Crippen molar-refractivity contribution in [3.05, 3.63) is 29.8 Å². The first-order chi connectivity index (χ1) is 9.56. The molecule has 0 spiro atoms. The van der Waals surface area contributed by atoms with Crippen molar-refractivity contribution in [2.45, 2.75) is 37.3 Å². The molecule has 0 amide bonds. The van der Waals surface area contributed by atoms with Crippen molar-refractivity contribution >= 4 is 0 Å². The van der Waals surface area contributed by atoms with Gasteiger partial charge in [-0.15, -0.1) is 0 Å². The van der Waals surface area contributed by atoms with Gasteiger partial charge < -0.3 is 35.0 Å². The minimum absolute atomic E-state index is 0.0969. The average Bonchev–Trinajstić information content (AvgIpc) is 2.48. The van der Waals surface area contributed by atoms with Gasteiger partial charge in [-0.05, 0) is 17.7 Å². The second-order valence-electron chi connectivity index (χ2n) is 4.62. The molecule has 0 unspecified atom stereocenters. The van der Waals surface area contributed by atoms with Crippen molar-refractivity contribution in [1.82, 2.24) is 0 Å². The van der Waals surface area contributed by atoms with Crippen molar-refractivity contribution in [1.29, 1.82) is 0 Å². The van der Waals surface area contributed by atoms with Gasteiger partial charge in [0.15, 0.2) is 0 Å². The van der Waals surface area contributed by atoms with Crippen LogP contribution in [0.2, 0.25) is 0 Å². The largest absolute Gasteiger partial charge is 0.462 e. The van der Waals surface area contributed by atoms with Crippen LogP contribution < -0.4 is 4.74 Å². The summed E-state index contributed by atoms with van der Waals surface area (Å²) in [5, 5.41) is 47.0. The lowest BCUT2D eigenvalue weighted by atomic mass is 9.99. The number of ether oxygens (including phenoxy) is 2. The summed E-state index contributed by atoms with van der Waals surface area (Å²) < 4.78 is 10.6. The highest BCUT2D eigenvalue weighted by molar-refractivity contribution is 5.27. The summed E-state index contributed by atoms with van der Waals surface area (Å²) >= 11 is 0. The first kappa shape index (κ1) is 15.2. The van der Waals surface area contributed by atoms with Gasteiger partial charge in [0.05, 0.1) is 13.2 Å². The zero-order valence-corrected chi connectivity index (χ0v) is 10.7. The minimum atomic E-state index is -1.47. The lowest BCUT2D eigenvalue weighted by Gasteiger charge is -2.39. The molecule has 0 aliphatic carbocycles. The molecule has 112 valence electrons. The van der Waals surface area contributed by atoms with E-state index in [1.54, 1.807) is 24.3 Å². The van der Waals surface area contributed by atoms with Gasteiger partial charge in [-0.25, -0.2) is 0 Å². The van der Waals surface area contributed by atoms with Crippen molar-refractivity contribution < 1.29 is 35.0 Å². The molecule has 1 fully saturated rings. The van der Waals surface area contributed by atoms with Crippen molar-refractivity contribution in [3.8, 4) is 5.75 Å². The van der Waals surface area contributed by atoms with E-state index in [-0.39, 0.29) is 6.61 Å². The van der Waals surface area contributed by atoms with Crippen LogP contribution in [-0.4, -0.2) is 62.8 Å². The predicted octanol–water partition coefficient (Wildman–Crippen LogP) is -1.64. The quantitative estimate of drug-likeness (QED) is 0.450. The number of aliphatic hydroxyl groups is 5. The van der Waals surface area contributed by atoms with Crippen molar-refractivity contribution in [3.63, 3.8) is 0 Å². The molecule has 0 aromatic heterocycles. The SMILES string of the molecule is OCc1ccc(O[C@@H]2O[C@@H](CO)[C@H](O)[C@@H](O)[C@@H]2O)cc1. The van der Waals surface area contributed by atoms with E-state index < -0.39 is 37.3 Å². The third-order valence-electron chi connectivity index (χ3n) is 3.21. The Morgan fingerprint density at radius 3 is 2.15 bits per heavy atom. The number of hydrogen-bond acceptors (Lipinski definition) is 7. The number of rotatable bonds is 4. The highest BCUT2D eigenvalue weighted by atomic mass is 16.7. The summed E-state index contributed by atoms with van der Waals surface area (Å²) in [7, 11) is 0. The summed E-state index contributed by atoms with van der Waals surface area (Å²) in [6, 6.07) is 6.43. The van der Waals surface area contributed by atoms with E-state index in [1.807, 2.05) is 0 Å². The van der Waals surface area contributed by atoms with Gasteiger partial charge in [-0.1, -0.05) is 12.1 Å². The lowest BCUT2D eigenvalue weighted by Crippen LogP contribution is -2.60. The summed E-state index contributed by atoms with van der Waals surface area (Å²) in [5.74, 6) is 0.367. The summed E-state index contributed by atoms with van der Waals surface area (Å²) in [6.07, 6.45) is -6.53. The van der Waals surface area contributed by atoms with Crippen molar-refractivity contribution in [2.75, 3.05) is 6.61 Å². The normalized spacial score (nSPS) is 34.0. The maximum absolute atomic E-state index is 9.80. The van der Waals surface area contributed by atoms with E-state index in [2.05, 4.69) is 0 Å². The van der Waals surface area contributed by atoms with Gasteiger partial charge in [0.1, 0.15) is 30.2 Å². The first-order valence-corrected chi connectivity index (χ1v) is 6.23. The highest BCUT2D eigenvalue weighted by Crippen LogP contribution is 2.24. The predicted molar refractivity (Wildman–Crippen MR) is 66.8 cm³/mol. The molecule has 1 heterocycles. The lowest BCUT2D eigenvalue weighted by molar-refractivity contribution is -0.277. The van der Waals surface area contributed by atoms with Gasteiger partial charge in [-0.3, -0.25) is 0 Å². The first-order valence-electron chi connectivity index (χ1n) is 6.23. The van der Waals surface area contributed by atoms with Gasteiger partial charge >= 0.3 is 0 Å². The van der Waals surface area contributed by atoms with E-state index in [0.29, 0.717) is 11.3 Å². The number of hydrogen-bond donors (Lipinski definition) is 5. The zero-order valence-electron chi connectivity index (χ0n) is 10.7. The second-order valence-corrected chi connectivity index (χ2v) is 4.62. The molecule has 7 nitrogen and oxygen atoms in total. The second kappa shape index (κ2) is 6.49. The maximum Gasteiger partial charge on any atom is 0.229 e. The molecule has 1 aliphatic heterocycles. The minimum Gasteiger partial charge on any atom is -0.462 e. The summed E-state index contributed by atoms with van der Waals surface area (Å²) in [6.45, 7) is -0.603. The maximum atomic E-state index is 9.80. The van der Waals surface area contributed by atoms with E-state index in [9.17, 15) is 15.3 Å². The fourth-order valence-corrected chi connectivity index (χ4v) is 1.97. The Kier molecular flexibility index (Phi) is 4.92. The molecule has 5 N–H and O–H groups in total. The zero-order chi connectivity index (χ0) is 14.7. The standard InChI is InChI=1S/C13H18O7/c14-5-7-1-3-8(4-2-7)19-13-12(18)11(17)10(16)9(6-15)20-13/h1-4,9-18H,5-6H2/t9-,10-,11+,12-,13+/m0/s1. The van der Waals surface area contributed by atoms with E-state index in [0.717, 1.165) is 0 Å². The van der Waals surface area contributed by atoms with Gasteiger partial charge in [0.25, 0.3) is 0 Å². The Morgan fingerprint density at radius 1 is 0.950 bits per heavy atom. The molecule has 1 aromatic rings. The Morgan fingerprint density at radius 2 is 1.60 bits per heavy atom. The monoisotopic (exact) mass is 286 g/mol. The molecule has 7 heteroatoms. The Bertz CT molecular complexity index is 419. The molecule has 1 aliphatic rings. The van der Waals surface area contributed by atoms with Crippen LogP contribution in [0.15, 0.2) is 24.3 Å². The average molecular weight is 286 g/mol. The molecular formula is C13H18O7. The molecular weight excluding hydrogens is 268 g/mol. The highest BCUT2D eigenvalue weighted by Gasteiger charge is 2.44. The van der Waals surface area contributed by atoms with E-state index in [1.165, 1.54) is 0 Å². The van der Waals surface area contributed by atoms with Crippen LogP contribution in [0.3, 0.4) is 0 Å². The van der Waals surface area contributed by atoms with E-state index in [4.69, 9.17) is 19.7 Å². The van der Waals surface area contributed by atoms with Crippen LogP contribution in [0.4, 0.5) is 0 Å². The third kappa shape index (κ3) is 3.09. The van der Waals surface area contributed by atoms with E-state index >= 15 is 0 Å². The van der Waals surface area contributed by atoms with Gasteiger partial charge in [-0.2, -0.15) is 0 Å². The number of aliphatic hydroxyl groups excluding tert-OH is 5. The van der Waals surface area contributed by atoms with Crippen LogP contribution in [0.5, 0.6) is 5.75 Å². The van der Waals surface area contributed by atoms with Crippen LogP contribution in [0.25, 0.3) is 0 Å². The van der Waals surface area contributed by atoms with Crippen molar-refractivity contribution in [2.24, 2.45) is 0 Å². The molecule has 1 saturated heterocycles. The third-order valence-corrected chi connectivity index (χ3v) is 3.21. The molecule has 0 radical (unpaired) electrons. The fraction of sp³-hybridized carbons (Fsp3) is 0.538. The fourth-order valence-electron chi connectivity index (χ4n) is 1.97. The molecule has 1 aromatic carbocycles. The Hall–Kier alpha value is -1.22. The topological polar surface area (TPSA) is 120 Å². The Labute approximate surface area is 115 Å². The van der Waals surface area contributed by atoms with Gasteiger partial charge in [0, 0.05) is 0 Å². The molecule has 20 heavy (non-hydrogen) atoms. The number of benzene rings is 1. The van der Waals surface area contributed by atoms with Crippen LogP contribution >= 0.6 is 0 Å². The Balaban J connectivity index is 2.06. The van der Waals surface area contributed by atoms with Crippen LogP contribution in [0.1, 0.15) is 5.56 Å². The molecule has 2 rings (SSSR count). The van der Waals surface area contributed by atoms with Gasteiger partial charge in [0.2, 0.25) is 6.29 Å². The van der Waals surface area contributed by atoms with Crippen LogP contribution in [-0.2, 0) is 11.3 Å². The molecule has 5 atom stereocenters. The molecule has 0 saturated carbocycles. The summed E-state index contributed by atoms with van der Waals surface area (Å²) in [5.41, 5.74) is 0.700. The summed E-state index contributed by atoms with van der Waals surface area (Å²) in [4.78, 5) is 0. The smallest absolute Gasteiger partial charge is 0.229 e. The van der Waals surface area contributed by atoms with Crippen LogP contribution in [0, 0.1) is 0 Å².